The maximum atomic E-state index is 10.9. The number of amides is 1. The molecule has 1 amide bonds. The molecule has 1 fully saturated rings. The van der Waals surface area contributed by atoms with Crippen LogP contribution in [0.5, 0.6) is 0 Å². The van der Waals surface area contributed by atoms with Crippen LogP contribution in [0.15, 0.2) is 16.7 Å². The van der Waals surface area contributed by atoms with Gasteiger partial charge in [-0.3, -0.25) is 0 Å². The Morgan fingerprint density at radius 2 is 2.15 bits per heavy atom. The van der Waals surface area contributed by atoms with Gasteiger partial charge in [0.15, 0.2) is 0 Å². The van der Waals surface area contributed by atoms with Crippen molar-refractivity contribution < 1.29 is 15.0 Å². The number of likely N-dealkylation sites (tertiary alicyclic amines) is 1. The van der Waals surface area contributed by atoms with Crippen molar-refractivity contribution in [1.82, 2.24) is 9.88 Å². The summed E-state index contributed by atoms with van der Waals surface area (Å²) in [5.41, 5.74) is 1.86. The van der Waals surface area contributed by atoms with Crippen molar-refractivity contribution in [3.8, 4) is 0 Å². The summed E-state index contributed by atoms with van der Waals surface area (Å²) in [5.74, 6) is 0.240. The average molecular weight is 344 g/mol. The third kappa shape index (κ3) is 3.61. The predicted octanol–water partition coefficient (Wildman–Crippen LogP) is 2.11. The SMILES string of the molecule is O=C(O)N1CCC(c2nc(Br)ccc2NCCO)CC1. The maximum Gasteiger partial charge on any atom is 0.407 e. The van der Waals surface area contributed by atoms with Crippen LogP contribution in [0.25, 0.3) is 0 Å². The van der Waals surface area contributed by atoms with E-state index in [1.54, 1.807) is 0 Å². The quantitative estimate of drug-likeness (QED) is 0.729. The molecule has 0 atom stereocenters. The van der Waals surface area contributed by atoms with E-state index in [0.29, 0.717) is 19.6 Å². The van der Waals surface area contributed by atoms with Crippen LogP contribution in [-0.2, 0) is 0 Å². The van der Waals surface area contributed by atoms with Crippen LogP contribution in [0.3, 0.4) is 0 Å². The van der Waals surface area contributed by atoms with E-state index in [1.165, 1.54) is 4.90 Å². The molecule has 0 spiro atoms. The molecule has 1 aliphatic rings. The lowest BCUT2D eigenvalue weighted by Gasteiger charge is -2.30. The molecule has 2 rings (SSSR count). The Labute approximate surface area is 125 Å². The molecule has 0 aromatic carbocycles. The van der Waals surface area contributed by atoms with E-state index in [9.17, 15) is 4.79 Å². The van der Waals surface area contributed by atoms with Gasteiger partial charge in [0.05, 0.1) is 18.0 Å². The summed E-state index contributed by atoms with van der Waals surface area (Å²) in [6, 6.07) is 3.79. The van der Waals surface area contributed by atoms with Crippen LogP contribution in [0.1, 0.15) is 24.5 Å². The van der Waals surface area contributed by atoms with Gasteiger partial charge in [-0.15, -0.1) is 0 Å². The lowest BCUT2D eigenvalue weighted by Crippen LogP contribution is -2.37. The number of carbonyl (C=O) groups is 1. The van der Waals surface area contributed by atoms with E-state index in [0.717, 1.165) is 28.8 Å². The second-order valence-electron chi connectivity index (χ2n) is 4.76. The highest BCUT2D eigenvalue weighted by molar-refractivity contribution is 9.10. The number of aromatic nitrogens is 1. The van der Waals surface area contributed by atoms with Crippen molar-refractivity contribution in [2.75, 3.05) is 31.6 Å². The van der Waals surface area contributed by atoms with E-state index in [2.05, 4.69) is 26.2 Å². The third-order valence-corrected chi connectivity index (χ3v) is 3.91. The van der Waals surface area contributed by atoms with E-state index >= 15 is 0 Å². The Hall–Kier alpha value is -1.34. The molecule has 0 radical (unpaired) electrons. The normalized spacial score (nSPS) is 16.2. The summed E-state index contributed by atoms with van der Waals surface area (Å²) < 4.78 is 0.766. The van der Waals surface area contributed by atoms with Crippen LogP contribution in [0.4, 0.5) is 10.5 Å². The highest BCUT2D eigenvalue weighted by Crippen LogP contribution is 2.32. The number of nitrogens with one attached hydrogen (secondary N) is 1. The van der Waals surface area contributed by atoms with Crippen LogP contribution < -0.4 is 5.32 Å². The number of pyridine rings is 1. The number of anilines is 1. The molecule has 20 heavy (non-hydrogen) atoms. The first-order chi connectivity index (χ1) is 9.61. The number of rotatable bonds is 4. The minimum absolute atomic E-state index is 0.0625. The molecule has 1 aromatic rings. The van der Waals surface area contributed by atoms with E-state index in [1.807, 2.05) is 12.1 Å². The Kier molecular flexibility index (Phi) is 5.19. The Morgan fingerprint density at radius 1 is 1.45 bits per heavy atom. The molecule has 7 heteroatoms. The highest BCUT2D eigenvalue weighted by Gasteiger charge is 2.26. The summed E-state index contributed by atoms with van der Waals surface area (Å²) in [5, 5.41) is 21.0. The molecule has 0 unspecified atom stereocenters. The Morgan fingerprint density at radius 3 is 2.75 bits per heavy atom. The summed E-state index contributed by atoms with van der Waals surface area (Å²) in [6.45, 7) is 1.61. The van der Waals surface area contributed by atoms with Gasteiger partial charge in [-0.05, 0) is 40.9 Å². The largest absolute Gasteiger partial charge is 0.465 e. The number of piperidine rings is 1. The Bertz CT molecular complexity index is 476. The van der Waals surface area contributed by atoms with Crippen molar-refractivity contribution in [2.24, 2.45) is 0 Å². The molecule has 0 bridgehead atoms. The fourth-order valence-electron chi connectivity index (χ4n) is 2.45. The minimum atomic E-state index is -0.857. The summed E-state index contributed by atoms with van der Waals surface area (Å²) >= 11 is 3.37. The molecule has 2 heterocycles. The summed E-state index contributed by atoms with van der Waals surface area (Å²) in [4.78, 5) is 16.9. The molecule has 1 aromatic heterocycles. The van der Waals surface area contributed by atoms with Gasteiger partial charge in [0.1, 0.15) is 4.60 Å². The fourth-order valence-corrected chi connectivity index (χ4v) is 2.77. The van der Waals surface area contributed by atoms with Gasteiger partial charge in [-0.2, -0.15) is 0 Å². The van der Waals surface area contributed by atoms with Crippen LogP contribution in [0, 0.1) is 0 Å². The highest BCUT2D eigenvalue weighted by atomic mass is 79.9. The molecular weight excluding hydrogens is 326 g/mol. The number of hydrogen-bond donors (Lipinski definition) is 3. The zero-order valence-corrected chi connectivity index (χ0v) is 12.6. The molecule has 6 nitrogen and oxygen atoms in total. The topological polar surface area (TPSA) is 85.7 Å². The van der Waals surface area contributed by atoms with Crippen LogP contribution >= 0.6 is 15.9 Å². The number of halogens is 1. The first-order valence-electron chi connectivity index (χ1n) is 6.61. The van der Waals surface area contributed by atoms with Crippen molar-refractivity contribution in [1.29, 1.82) is 0 Å². The standard InChI is InChI=1S/C13H18BrN3O3/c14-11-2-1-10(15-5-8-18)12(16-11)9-3-6-17(7-4-9)13(19)20/h1-2,9,15,18H,3-8H2,(H,19,20). The zero-order chi connectivity index (χ0) is 14.5. The smallest absolute Gasteiger partial charge is 0.407 e. The van der Waals surface area contributed by atoms with Crippen molar-refractivity contribution in [3.63, 3.8) is 0 Å². The predicted molar refractivity (Wildman–Crippen MR) is 79.1 cm³/mol. The van der Waals surface area contributed by atoms with Gasteiger partial charge in [-0.25, -0.2) is 9.78 Å². The van der Waals surface area contributed by atoms with E-state index in [-0.39, 0.29) is 12.5 Å². The van der Waals surface area contributed by atoms with Gasteiger partial charge in [0, 0.05) is 25.6 Å². The monoisotopic (exact) mass is 343 g/mol. The second-order valence-corrected chi connectivity index (χ2v) is 5.57. The summed E-state index contributed by atoms with van der Waals surface area (Å²) in [6.07, 6.45) is 0.678. The van der Waals surface area contributed by atoms with Crippen LogP contribution in [0.2, 0.25) is 0 Å². The molecule has 1 saturated heterocycles. The zero-order valence-electron chi connectivity index (χ0n) is 11.0. The van der Waals surface area contributed by atoms with Crippen molar-refractivity contribution in [2.45, 2.75) is 18.8 Å². The lowest BCUT2D eigenvalue weighted by atomic mass is 9.92. The van der Waals surface area contributed by atoms with Gasteiger partial charge in [0.2, 0.25) is 0 Å². The molecule has 0 saturated carbocycles. The third-order valence-electron chi connectivity index (χ3n) is 3.47. The summed E-state index contributed by atoms with van der Waals surface area (Å²) in [7, 11) is 0. The van der Waals surface area contributed by atoms with E-state index < -0.39 is 6.09 Å². The molecule has 1 aliphatic heterocycles. The number of hydrogen-bond acceptors (Lipinski definition) is 4. The first-order valence-corrected chi connectivity index (χ1v) is 7.40. The van der Waals surface area contributed by atoms with Gasteiger partial charge < -0.3 is 20.4 Å². The van der Waals surface area contributed by atoms with Gasteiger partial charge >= 0.3 is 6.09 Å². The molecule has 0 aliphatic carbocycles. The molecule has 3 N–H and O–H groups in total. The Balaban J connectivity index is 2.11. The lowest BCUT2D eigenvalue weighted by molar-refractivity contribution is 0.132. The second kappa shape index (κ2) is 6.90. The van der Waals surface area contributed by atoms with Gasteiger partial charge in [0.25, 0.3) is 0 Å². The first kappa shape index (κ1) is 15.1. The van der Waals surface area contributed by atoms with Crippen molar-refractivity contribution >= 4 is 27.7 Å². The van der Waals surface area contributed by atoms with Crippen molar-refractivity contribution in [3.05, 3.63) is 22.4 Å². The maximum absolute atomic E-state index is 10.9. The van der Waals surface area contributed by atoms with Crippen LogP contribution in [-0.4, -0.2) is 52.4 Å². The molecule has 110 valence electrons. The number of nitrogens with zero attached hydrogens (tertiary/aromatic N) is 2. The fraction of sp³-hybridized carbons (Fsp3) is 0.538. The molecular formula is C13H18BrN3O3. The average Bonchev–Trinajstić information content (AvgIpc) is 2.46. The number of aliphatic hydroxyl groups excluding tert-OH is 1. The minimum Gasteiger partial charge on any atom is -0.465 e. The van der Waals surface area contributed by atoms with E-state index in [4.69, 9.17) is 10.2 Å². The number of carboxylic acid groups (broad SMARTS) is 1. The van der Waals surface area contributed by atoms with Gasteiger partial charge in [-0.1, -0.05) is 0 Å². The number of aliphatic hydroxyl groups is 1.